The highest BCUT2D eigenvalue weighted by Gasteiger charge is 2.35. The van der Waals surface area contributed by atoms with Crippen LogP contribution < -0.4 is 5.32 Å². The first-order chi connectivity index (χ1) is 17.6. The van der Waals surface area contributed by atoms with Crippen LogP contribution in [0.1, 0.15) is 52.3 Å². The quantitative estimate of drug-likeness (QED) is 0.271. The first kappa shape index (κ1) is 26.8. The zero-order valence-corrected chi connectivity index (χ0v) is 21.5. The molecule has 194 valence electrons. The van der Waals surface area contributed by atoms with E-state index in [9.17, 15) is 28.0 Å². The van der Waals surface area contributed by atoms with Crippen LogP contribution in [0.4, 0.5) is 18.2 Å². The van der Waals surface area contributed by atoms with E-state index < -0.39 is 23.7 Å². The molecule has 0 spiro atoms. The average Bonchev–Trinajstić information content (AvgIpc) is 3.49. The molecule has 1 aliphatic rings. The van der Waals surface area contributed by atoms with Gasteiger partial charge in [-0.15, -0.1) is 11.3 Å². The molecule has 0 saturated carbocycles. The van der Waals surface area contributed by atoms with Crippen LogP contribution in [0.2, 0.25) is 0 Å². The third kappa shape index (κ3) is 5.83. The van der Waals surface area contributed by atoms with Gasteiger partial charge < -0.3 is 14.5 Å². The molecule has 1 aliphatic carbocycles. The Morgan fingerprint density at radius 1 is 1.41 bits per heavy atom. The molecule has 37 heavy (non-hydrogen) atoms. The summed E-state index contributed by atoms with van der Waals surface area (Å²) in [4.78, 5) is 30.2. The summed E-state index contributed by atoms with van der Waals surface area (Å²) in [5.41, 5.74) is -0.192. The Hall–Kier alpha value is -3.30. The molecule has 0 radical (unpaired) electrons. The van der Waals surface area contributed by atoms with Gasteiger partial charge in [-0.2, -0.15) is 18.4 Å². The fourth-order valence-corrected chi connectivity index (χ4v) is 6.28. The molecule has 1 unspecified atom stereocenters. The van der Waals surface area contributed by atoms with Crippen molar-refractivity contribution in [3.8, 4) is 17.4 Å². The molecule has 1 N–H and O–H groups in total. The molecule has 1 amide bonds. The Labute approximate surface area is 219 Å². The molecular formula is C25H22F3N3O4S2. The molecule has 3 aromatic rings. The first-order valence-electron chi connectivity index (χ1n) is 11.4. The number of thioether (sulfide) groups is 1. The summed E-state index contributed by atoms with van der Waals surface area (Å²) in [5.74, 6) is -0.882. The zero-order valence-electron chi connectivity index (χ0n) is 19.9. The van der Waals surface area contributed by atoms with Crippen molar-refractivity contribution < 1.29 is 31.9 Å². The number of anilines is 1. The maximum absolute atomic E-state index is 13.5. The smallest absolute Gasteiger partial charge is 0.433 e. The lowest BCUT2D eigenvalue weighted by molar-refractivity contribution is -0.141. The monoisotopic (exact) mass is 549 g/mol. The number of alkyl halides is 3. The van der Waals surface area contributed by atoms with Crippen LogP contribution in [-0.2, 0) is 28.5 Å². The second-order valence-electron chi connectivity index (χ2n) is 8.44. The predicted octanol–water partition coefficient (Wildman–Crippen LogP) is 6.33. The molecule has 3 aromatic heterocycles. The Kier molecular flexibility index (Phi) is 7.94. The van der Waals surface area contributed by atoms with E-state index in [0.717, 1.165) is 29.3 Å². The van der Waals surface area contributed by atoms with Crippen molar-refractivity contribution in [2.75, 3.05) is 17.7 Å². The number of thiophene rings is 1. The summed E-state index contributed by atoms with van der Waals surface area (Å²) in [5, 5.41) is 12.5. The highest BCUT2D eigenvalue weighted by atomic mass is 32.2. The van der Waals surface area contributed by atoms with Crippen molar-refractivity contribution in [1.82, 2.24) is 4.98 Å². The van der Waals surface area contributed by atoms with Gasteiger partial charge in [-0.25, -0.2) is 9.78 Å². The number of carbonyl (C=O) groups excluding carboxylic acids is 2. The van der Waals surface area contributed by atoms with E-state index in [-0.39, 0.29) is 34.3 Å². The van der Waals surface area contributed by atoms with Crippen molar-refractivity contribution in [2.45, 2.75) is 44.3 Å². The average molecular weight is 550 g/mol. The van der Waals surface area contributed by atoms with Crippen molar-refractivity contribution in [2.24, 2.45) is 5.92 Å². The number of hydrogen-bond donors (Lipinski definition) is 1. The first-order valence-corrected chi connectivity index (χ1v) is 13.2. The number of ether oxygens (including phenoxy) is 1. The number of furan rings is 1. The number of hydrogen-bond acceptors (Lipinski definition) is 8. The number of esters is 1. The molecule has 4 rings (SSSR count). The number of carbonyl (C=O) groups is 2. The number of nitriles is 1. The Morgan fingerprint density at radius 3 is 2.84 bits per heavy atom. The minimum atomic E-state index is -4.77. The summed E-state index contributed by atoms with van der Waals surface area (Å²) in [6.45, 7) is 3.99. The minimum Gasteiger partial charge on any atom is -0.464 e. The molecular weight excluding hydrogens is 527 g/mol. The number of rotatable bonds is 7. The maximum atomic E-state index is 13.5. The van der Waals surface area contributed by atoms with Gasteiger partial charge in [-0.05, 0) is 55.9 Å². The van der Waals surface area contributed by atoms with Gasteiger partial charge >= 0.3 is 12.1 Å². The number of halogens is 3. The Morgan fingerprint density at radius 2 is 2.19 bits per heavy atom. The maximum Gasteiger partial charge on any atom is 0.433 e. The van der Waals surface area contributed by atoms with Gasteiger partial charge in [0.15, 0.2) is 0 Å². The highest BCUT2D eigenvalue weighted by Crippen LogP contribution is 2.41. The molecule has 7 nitrogen and oxygen atoms in total. The van der Waals surface area contributed by atoms with E-state index in [4.69, 9.17) is 9.15 Å². The van der Waals surface area contributed by atoms with Crippen LogP contribution in [0, 0.1) is 17.2 Å². The van der Waals surface area contributed by atoms with Crippen LogP contribution >= 0.6 is 23.1 Å². The third-order valence-electron chi connectivity index (χ3n) is 5.76. The standard InChI is InChI=1S/C25H22F3N3O4S2/c1-3-34-24(33)21-14-7-6-13(2)9-18(14)37-23(21)31-20(32)12-36-22-16(11-29)15(17-5-4-8-35-17)10-19(30-22)25(26,27)28/h4-5,8,10,13H,3,6-7,9,12H2,1-2H3,(H,31,32). The summed E-state index contributed by atoms with van der Waals surface area (Å²) in [6.07, 6.45) is -1.09. The van der Waals surface area contributed by atoms with Crippen LogP contribution in [0.15, 0.2) is 33.9 Å². The van der Waals surface area contributed by atoms with Crippen LogP contribution in [0.3, 0.4) is 0 Å². The topological polar surface area (TPSA) is 105 Å². The number of amides is 1. The Bertz CT molecular complexity index is 1360. The van der Waals surface area contributed by atoms with Crippen molar-refractivity contribution in [1.29, 1.82) is 5.26 Å². The van der Waals surface area contributed by atoms with E-state index in [1.807, 2.05) is 6.07 Å². The van der Waals surface area contributed by atoms with Gasteiger partial charge in [0.2, 0.25) is 5.91 Å². The third-order valence-corrected chi connectivity index (χ3v) is 7.90. The van der Waals surface area contributed by atoms with Gasteiger partial charge in [0.1, 0.15) is 27.6 Å². The van der Waals surface area contributed by atoms with E-state index in [2.05, 4.69) is 17.2 Å². The molecule has 0 bridgehead atoms. The lowest BCUT2D eigenvalue weighted by Crippen LogP contribution is -2.18. The summed E-state index contributed by atoms with van der Waals surface area (Å²) >= 11 is 2.01. The molecule has 12 heteroatoms. The second-order valence-corrected chi connectivity index (χ2v) is 10.5. The van der Waals surface area contributed by atoms with Gasteiger partial charge in [0.25, 0.3) is 0 Å². The zero-order chi connectivity index (χ0) is 26.7. The number of pyridine rings is 1. The molecule has 0 saturated heterocycles. The van der Waals surface area contributed by atoms with Gasteiger partial charge in [0.05, 0.1) is 29.7 Å². The van der Waals surface area contributed by atoms with Crippen molar-refractivity contribution >= 4 is 40.0 Å². The van der Waals surface area contributed by atoms with E-state index in [0.29, 0.717) is 34.7 Å². The van der Waals surface area contributed by atoms with Crippen LogP contribution in [0.25, 0.3) is 11.3 Å². The fraction of sp³-hybridized carbons (Fsp3) is 0.360. The van der Waals surface area contributed by atoms with Crippen molar-refractivity contribution in [3.05, 3.63) is 51.7 Å². The Balaban J connectivity index is 1.60. The summed E-state index contributed by atoms with van der Waals surface area (Å²) in [7, 11) is 0. The normalized spacial score (nSPS) is 15.1. The van der Waals surface area contributed by atoms with Crippen molar-refractivity contribution in [3.63, 3.8) is 0 Å². The summed E-state index contributed by atoms with van der Waals surface area (Å²) < 4.78 is 51.0. The van der Waals surface area contributed by atoms with Crippen LogP contribution in [-0.4, -0.2) is 29.2 Å². The van der Waals surface area contributed by atoms with E-state index in [1.54, 1.807) is 6.92 Å². The van der Waals surface area contributed by atoms with Gasteiger partial charge in [0, 0.05) is 10.4 Å². The lowest BCUT2D eigenvalue weighted by atomic mass is 9.88. The number of nitrogens with one attached hydrogen (secondary N) is 1. The fourth-order valence-electron chi connectivity index (χ4n) is 4.06. The summed E-state index contributed by atoms with van der Waals surface area (Å²) in [6, 6.07) is 5.56. The van der Waals surface area contributed by atoms with E-state index in [1.165, 1.54) is 29.7 Å². The van der Waals surface area contributed by atoms with E-state index >= 15 is 0 Å². The molecule has 0 aliphatic heterocycles. The molecule has 0 fully saturated rings. The highest BCUT2D eigenvalue weighted by molar-refractivity contribution is 8.00. The largest absolute Gasteiger partial charge is 0.464 e. The number of aromatic nitrogens is 1. The molecule has 3 heterocycles. The SMILES string of the molecule is CCOC(=O)c1c(NC(=O)CSc2nc(C(F)(F)F)cc(-c3ccco3)c2C#N)sc2c1CCC(C)C2. The second kappa shape index (κ2) is 11.0. The lowest BCUT2D eigenvalue weighted by Gasteiger charge is -2.18. The predicted molar refractivity (Wildman–Crippen MR) is 132 cm³/mol. The van der Waals surface area contributed by atoms with Gasteiger partial charge in [-0.1, -0.05) is 18.7 Å². The van der Waals surface area contributed by atoms with Gasteiger partial charge in [-0.3, -0.25) is 4.79 Å². The van der Waals surface area contributed by atoms with Crippen LogP contribution in [0.5, 0.6) is 0 Å². The number of fused-ring (bicyclic) bond motifs is 1. The minimum absolute atomic E-state index is 0.0672. The molecule has 0 aromatic carbocycles. The number of nitrogens with zero attached hydrogens (tertiary/aromatic N) is 2. The molecule has 1 atom stereocenters.